The smallest absolute Gasteiger partial charge is 0.325 e. The summed E-state index contributed by atoms with van der Waals surface area (Å²) in [5, 5.41) is 6.79. The first-order chi connectivity index (χ1) is 16.1. The minimum absolute atomic E-state index is 0.0828. The second kappa shape index (κ2) is 8.81. The zero-order valence-corrected chi connectivity index (χ0v) is 18.9. The van der Waals surface area contributed by atoms with E-state index in [1.807, 2.05) is 38.1 Å². The van der Waals surface area contributed by atoms with Crippen LogP contribution < -0.4 is 10.9 Å². The number of anilines is 1. The quantitative estimate of drug-likeness (QED) is 0.447. The summed E-state index contributed by atoms with van der Waals surface area (Å²) < 4.78 is 43.8. The number of hydrogen-bond donors (Lipinski definition) is 1. The molecule has 4 aromatic rings. The summed E-state index contributed by atoms with van der Waals surface area (Å²) in [5.41, 5.74) is 1.07. The van der Waals surface area contributed by atoms with Crippen molar-refractivity contribution in [2.45, 2.75) is 39.9 Å². The van der Waals surface area contributed by atoms with E-state index in [1.165, 1.54) is 11.6 Å². The number of carbonyl (C=O) groups is 1. The standard InChI is InChI=1S/C25H23F3N4O2/c1-4-17-7-11-19(12-8-17)32-24-23(16(3)30-32)20(25(26,27)28)13-22(34)31(24)14-21(33)29-18-9-5-15(2)6-10-18/h5-13H,4,14H2,1-3H3,(H,29,33). The summed E-state index contributed by atoms with van der Waals surface area (Å²) in [5.74, 6) is -0.543. The summed E-state index contributed by atoms with van der Waals surface area (Å²) in [7, 11) is 0. The molecule has 176 valence electrons. The van der Waals surface area contributed by atoms with Crippen molar-refractivity contribution in [3.63, 3.8) is 0 Å². The molecule has 0 atom stereocenters. The van der Waals surface area contributed by atoms with E-state index < -0.39 is 29.8 Å². The largest absolute Gasteiger partial charge is 0.417 e. The third-order valence-electron chi connectivity index (χ3n) is 5.63. The fraction of sp³-hybridized carbons (Fsp3) is 0.240. The number of aromatic nitrogens is 3. The third-order valence-corrected chi connectivity index (χ3v) is 5.63. The van der Waals surface area contributed by atoms with E-state index in [0.29, 0.717) is 17.4 Å². The van der Waals surface area contributed by atoms with E-state index in [4.69, 9.17) is 0 Å². The normalized spacial score (nSPS) is 11.7. The van der Waals surface area contributed by atoms with Crippen LogP contribution in [0.25, 0.3) is 16.7 Å². The number of alkyl halides is 3. The van der Waals surface area contributed by atoms with Crippen LogP contribution in [0.15, 0.2) is 59.4 Å². The number of nitrogens with zero attached hydrogens (tertiary/aromatic N) is 3. The Bertz CT molecular complexity index is 1420. The molecule has 0 aliphatic rings. The van der Waals surface area contributed by atoms with Crippen LogP contribution in [0.4, 0.5) is 18.9 Å². The maximum Gasteiger partial charge on any atom is 0.417 e. The van der Waals surface area contributed by atoms with E-state index in [9.17, 15) is 22.8 Å². The van der Waals surface area contributed by atoms with Gasteiger partial charge in [-0.25, -0.2) is 4.68 Å². The zero-order chi connectivity index (χ0) is 24.6. The molecule has 0 saturated carbocycles. The van der Waals surface area contributed by atoms with Gasteiger partial charge in [0.15, 0.2) is 0 Å². The second-order valence-electron chi connectivity index (χ2n) is 8.11. The van der Waals surface area contributed by atoms with Crippen LogP contribution in [0.5, 0.6) is 0 Å². The monoisotopic (exact) mass is 468 g/mol. The lowest BCUT2D eigenvalue weighted by molar-refractivity contribution is -0.136. The highest BCUT2D eigenvalue weighted by atomic mass is 19.4. The minimum atomic E-state index is -4.76. The second-order valence-corrected chi connectivity index (χ2v) is 8.11. The molecule has 2 aromatic carbocycles. The number of rotatable bonds is 5. The van der Waals surface area contributed by atoms with Crippen molar-refractivity contribution in [2.75, 3.05) is 5.32 Å². The van der Waals surface area contributed by atoms with Gasteiger partial charge in [-0.2, -0.15) is 18.3 Å². The molecule has 0 aliphatic carbocycles. The number of aryl methyl sites for hydroxylation is 3. The van der Waals surface area contributed by atoms with Gasteiger partial charge in [-0.05, 0) is 50.1 Å². The third kappa shape index (κ3) is 4.46. The minimum Gasteiger partial charge on any atom is -0.325 e. The van der Waals surface area contributed by atoms with E-state index in [1.54, 1.807) is 24.3 Å². The molecule has 0 saturated heterocycles. The van der Waals surface area contributed by atoms with Crippen molar-refractivity contribution in [3.05, 3.63) is 87.3 Å². The van der Waals surface area contributed by atoms with Crippen LogP contribution in [0, 0.1) is 13.8 Å². The molecule has 4 rings (SSSR count). The molecule has 0 radical (unpaired) electrons. The number of nitrogens with one attached hydrogen (secondary N) is 1. The number of hydrogen-bond acceptors (Lipinski definition) is 3. The van der Waals surface area contributed by atoms with Crippen molar-refractivity contribution >= 4 is 22.6 Å². The first-order valence-corrected chi connectivity index (χ1v) is 10.7. The SMILES string of the molecule is CCc1ccc(-n2nc(C)c3c(C(F)(F)F)cc(=O)n(CC(=O)Nc4ccc(C)cc4)c32)cc1. The van der Waals surface area contributed by atoms with Crippen LogP contribution in [-0.2, 0) is 23.9 Å². The maximum absolute atomic E-state index is 13.8. The molecule has 2 heterocycles. The van der Waals surface area contributed by atoms with Gasteiger partial charge in [-0.15, -0.1) is 0 Å². The van der Waals surface area contributed by atoms with Crippen LogP contribution in [0.1, 0.15) is 29.3 Å². The lowest BCUT2D eigenvalue weighted by Crippen LogP contribution is -2.30. The van der Waals surface area contributed by atoms with Crippen LogP contribution in [0.2, 0.25) is 0 Å². The van der Waals surface area contributed by atoms with Crippen LogP contribution >= 0.6 is 0 Å². The summed E-state index contributed by atoms with van der Waals surface area (Å²) in [6.07, 6.45) is -3.97. The summed E-state index contributed by atoms with van der Waals surface area (Å²) in [6, 6.07) is 14.7. The van der Waals surface area contributed by atoms with Crippen molar-refractivity contribution in [1.82, 2.24) is 14.3 Å². The van der Waals surface area contributed by atoms with Crippen molar-refractivity contribution in [2.24, 2.45) is 0 Å². The Balaban J connectivity index is 1.88. The number of halogens is 3. The average molecular weight is 468 g/mol. The summed E-state index contributed by atoms with van der Waals surface area (Å²) in [4.78, 5) is 25.6. The molecule has 0 spiro atoms. The highest BCUT2D eigenvalue weighted by Crippen LogP contribution is 2.36. The number of amides is 1. The Hall–Kier alpha value is -3.88. The van der Waals surface area contributed by atoms with Gasteiger partial charge in [0.25, 0.3) is 5.56 Å². The molecule has 0 bridgehead atoms. The Morgan fingerprint density at radius 1 is 1.03 bits per heavy atom. The van der Waals surface area contributed by atoms with Crippen LogP contribution in [-0.4, -0.2) is 20.3 Å². The van der Waals surface area contributed by atoms with Gasteiger partial charge in [-0.1, -0.05) is 36.8 Å². The average Bonchev–Trinajstić information content (AvgIpc) is 3.13. The zero-order valence-electron chi connectivity index (χ0n) is 18.9. The molecule has 1 amide bonds. The van der Waals surface area contributed by atoms with E-state index in [-0.39, 0.29) is 16.7 Å². The number of benzene rings is 2. The summed E-state index contributed by atoms with van der Waals surface area (Å²) in [6.45, 7) is 4.87. The lowest BCUT2D eigenvalue weighted by Gasteiger charge is -2.15. The van der Waals surface area contributed by atoms with E-state index in [0.717, 1.165) is 22.1 Å². The first kappa shape index (κ1) is 23.3. The fourth-order valence-corrected chi connectivity index (χ4v) is 3.87. The van der Waals surface area contributed by atoms with Gasteiger partial charge in [0.05, 0.1) is 22.3 Å². The molecule has 1 N–H and O–H groups in total. The molecule has 6 nitrogen and oxygen atoms in total. The van der Waals surface area contributed by atoms with Crippen molar-refractivity contribution in [3.8, 4) is 5.69 Å². The fourth-order valence-electron chi connectivity index (χ4n) is 3.87. The number of fused-ring (bicyclic) bond motifs is 1. The molecule has 34 heavy (non-hydrogen) atoms. The molecule has 2 aromatic heterocycles. The van der Waals surface area contributed by atoms with Gasteiger partial charge in [0.1, 0.15) is 12.2 Å². The number of carbonyl (C=O) groups excluding carboxylic acids is 1. The Morgan fingerprint density at radius 3 is 2.26 bits per heavy atom. The van der Waals surface area contributed by atoms with Crippen molar-refractivity contribution in [1.29, 1.82) is 0 Å². The summed E-state index contributed by atoms with van der Waals surface area (Å²) >= 11 is 0. The van der Waals surface area contributed by atoms with Gasteiger partial charge in [-0.3, -0.25) is 14.2 Å². The van der Waals surface area contributed by atoms with E-state index >= 15 is 0 Å². The molecular weight excluding hydrogens is 445 g/mol. The molecule has 0 fully saturated rings. The first-order valence-electron chi connectivity index (χ1n) is 10.7. The molecular formula is C25H23F3N4O2. The Morgan fingerprint density at radius 2 is 1.68 bits per heavy atom. The highest BCUT2D eigenvalue weighted by molar-refractivity contribution is 5.92. The topological polar surface area (TPSA) is 68.9 Å². The van der Waals surface area contributed by atoms with Gasteiger partial charge >= 0.3 is 6.18 Å². The van der Waals surface area contributed by atoms with Gasteiger partial charge in [0.2, 0.25) is 5.91 Å². The van der Waals surface area contributed by atoms with Crippen molar-refractivity contribution < 1.29 is 18.0 Å². The Kier molecular flexibility index (Phi) is 6.03. The predicted octanol–water partition coefficient (Wildman–Crippen LogP) is 5.02. The predicted molar refractivity (Wildman–Crippen MR) is 124 cm³/mol. The van der Waals surface area contributed by atoms with Gasteiger partial charge < -0.3 is 5.32 Å². The number of pyridine rings is 1. The maximum atomic E-state index is 13.8. The van der Waals surface area contributed by atoms with Gasteiger partial charge in [0, 0.05) is 11.8 Å². The molecule has 9 heteroatoms. The van der Waals surface area contributed by atoms with Crippen LogP contribution in [0.3, 0.4) is 0 Å². The molecule has 0 aliphatic heterocycles. The Labute approximate surface area is 193 Å². The molecule has 0 unspecified atom stereocenters. The highest BCUT2D eigenvalue weighted by Gasteiger charge is 2.36. The lowest BCUT2D eigenvalue weighted by atomic mass is 10.1. The van der Waals surface area contributed by atoms with E-state index in [2.05, 4.69) is 10.4 Å².